The van der Waals surface area contributed by atoms with Crippen molar-refractivity contribution >= 4 is 26.8 Å². The van der Waals surface area contributed by atoms with Crippen LogP contribution in [0.2, 0.25) is 0 Å². The molecule has 2 N–H and O–H groups in total. The van der Waals surface area contributed by atoms with E-state index in [2.05, 4.69) is 0 Å². The van der Waals surface area contributed by atoms with Crippen LogP contribution in [0.3, 0.4) is 0 Å². The lowest BCUT2D eigenvalue weighted by Crippen LogP contribution is -2.45. The number of benzene rings is 3. The molecular formula is C25H27NO6S. The molecule has 0 saturated carbocycles. The lowest BCUT2D eigenvalue weighted by atomic mass is 9.85. The topological polar surface area (TPSA) is 104 Å². The third kappa shape index (κ3) is 4.59. The second kappa shape index (κ2) is 8.44. The zero-order valence-electron chi connectivity index (χ0n) is 18.6. The number of carboxylic acid groups (broad SMARTS) is 1. The zero-order valence-corrected chi connectivity index (χ0v) is 19.4. The van der Waals surface area contributed by atoms with Crippen LogP contribution in [-0.2, 0) is 20.4 Å². The molecule has 0 aliphatic carbocycles. The monoisotopic (exact) mass is 469 g/mol. The van der Waals surface area contributed by atoms with Crippen LogP contribution in [0.5, 0.6) is 5.75 Å². The number of sulfonamides is 1. The van der Waals surface area contributed by atoms with Gasteiger partial charge in [-0.2, -0.15) is 4.31 Å². The molecule has 174 valence electrons. The number of piperidine rings is 1. The van der Waals surface area contributed by atoms with Gasteiger partial charge in [-0.15, -0.1) is 0 Å². The summed E-state index contributed by atoms with van der Waals surface area (Å²) < 4.78 is 33.3. The number of aliphatic carboxylic acids is 1. The van der Waals surface area contributed by atoms with Crippen molar-refractivity contribution in [3.63, 3.8) is 0 Å². The number of hydrogen-bond acceptors (Lipinski definition) is 5. The van der Waals surface area contributed by atoms with Gasteiger partial charge in [-0.1, -0.05) is 42.5 Å². The van der Waals surface area contributed by atoms with Gasteiger partial charge < -0.3 is 14.9 Å². The van der Waals surface area contributed by atoms with Crippen molar-refractivity contribution < 1.29 is 28.2 Å². The van der Waals surface area contributed by atoms with Crippen LogP contribution in [0.1, 0.15) is 32.3 Å². The Morgan fingerprint density at radius 1 is 0.970 bits per heavy atom. The van der Waals surface area contributed by atoms with E-state index in [1.54, 1.807) is 42.5 Å². The van der Waals surface area contributed by atoms with E-state index in [0.29, 0.717) is 11.3 Å². The van der Waals surface area contributed by atoms with E-state index in [9.17, 15) is 23.4 Å². The number of hydrogen-bond donors (Lipinski definition) is 2. The maximum absolute atomic E-state index is 13.2. The molecule has 4 rings (SSSR count). The van der Waals surface area contributed by atoms with Crippen LogP contribution in [0, 0.1) is 0 Å². The second-order valence-corrected chi connectivity index (χ2v) is 10.8. The minimum absolute atomic E-state index is 0.190. The van der Waals surface area contributed by atoms with Crippen LogP contribution < -0.4 is 4.74 Å². The first-order valence-electron chi connectivity index (χ1n) is 10.8. The standard InChI is InChI=1S/C25H27NO6S/c1-24(2,23(27)28)32-21-10-8-20(9-11-21)25(29)13-15-26(16-14-25)33(30,31)22-12-7-18-5-3-4-6-19(18)17-22/h3-12,17,29H,13-16H2,1-2H3,(H,27,28). The third-order valence-electron chi connectivity index (χ3n) is 6.19. The minimum Gasteiger partial charge on any atom is -0.478 e. The van der Waals surface area contributed by atoms with E-state index in [1.165, 1.54) is 18.2 Å². The number of aliphatic hydroxyl groups is 1. The average molecular weight is 470 g/mol. The maximum atomic E-state index is 13.2. The molecule has 0 radical (unpaired) electrons. The van der Waals surface area contributed by atoms with Gasteiger partial charge >= 0.3 is 5.97 Å². The molecule has 3 aromatic rings. The fourth-order valence-electron chi connectivity index (χ4n) is 4.03. The molecule has 0 unspecified atom stereocenters. The molecule has 0 amide bonds. The van der Waals surface area contributed by atoms with Crippen LogP contribution in [0.4, 0.5) is 0 Å². The van der Waals surface area contributed by atoms with Gasteiger partial charge in [-0.05, 0) is 67.3 Å². The lowest BCUT2D eigenvalue weighted by molar-refractivity contribution is -0.152. The van der Waals surface area contributed by atoms with Gasteiger partial charge in [-0.3, -0.25) is 0 Å². The Morgan fingerprint density at radius 3 is 2.18 bits per heavy atom. The van der Waals surface area contributed by atoms with Crippen molar-refractivity contribution in [1.82, 2.24) is 4.31 Å². The first-order chi connectivity index (χ1) is 15.5. The van der Waals surface area contributed by atoms with E-state index in [4.69, 9.17) is 4.74 Å². The van der Waals surface area contributed by atoms with Gasteiger partial charge in [0.25, 0.3) is 0 Å². The molecule has 1 saturated heterocycles. The SMILES string of the molecule is CC(C)(Oc1ccc(C2(O)CCN(S(=O)(=O)c3ccc4ccccc4c3)CC2)cc1)C(=O)O. The van der Waals surface area contributed by atoms with Crippen LogP contribution in [0.15, 0.2) is 71.6 Å². The van der Waals surface area contributed by atoms with Gasteiger partial charge in [0.05, 0.1) is 10.5 Å². The molecule has 0 bridgehead atoms. The number of carbonyl (C=O) groups is 1. The summed E-state index contributed by atoms with van der Waals surface area (Å²) in [5.74, 6) is -0.698. The Hall–Kier alpha value is -2.94. The predicted octanol–water partition coefficient (Wildman–Crippen LogP) is 3.75. The minimum atomic E-state index is -3.67. The van der Waals surface area contributed by atoms with Crippen molar-refractivity contribution in [2.45, 2.75) is 42.8 Å². The Labute approximate surface area is 193 Å². The molecule has 3 aromatic carbocycles. The highest BCUT2D eigenvalue weighted by molar-refractivity contribution is 7.89. The van der Waals surface area contributed by atoms with Crippen molar-refractivity contribution in [2.24, 2.45) is 0 Å². The van der Waals surface area contributed by atoms with Gasteiger partial charge in [0, 0.05) is 13.1 Å². The highest BCUT2D eigenvalue weighted by Crippen LogP contribution is 2.36. The Kier molecular flexibility index (Phi) is 5.94. The molecule has 33 heavy (non-hydrogen) atoms. The summed E-state index contributed by atoms with van der Waals surface area (Å²) in [6.45, 7) is 3.30. The normalized spacial score (nSPS) is 17.1. The number of ether oxygens (including phenoxy) is 1. The molecule has 8 heteroatoms. The van der Waals surface area contributed by atoms with Gasteiger partial charge in [0.1, 0.15) is 5.75 Å². The molecule has 1 aliphatic heterocycles. The van der Waals surface area contributed by atoms with Crippen molar-refractivity contribution in [1.29, 1.82) is 0 Å². The number of carboxylic acids is 1. The summed E-state index contributed by atoms with van der Waals surface area (Å²) in [7, 11) is -3.67. The van der Waals surface area contributed by atoms with Crippen molar-refractivity contribution in [3.8, 4) is 5.75 Å². The van der Waals surface area contributed by atoms with E-state index in [0.717, 1.165) is 10.8 Å². The fraction of sp³-hybridized carbons (Fsp3) is 0.320. The number of rotatable bonds is 6. The Morgan fingerprint density at radius 2 is 1.58 bits per heavy atom. The third-order valence-corrected chi connectivity index (χ3v) is 8.08. The quantitative estimate of drug-likeness (QED) is 0.570. The highest BCUT2D eigenvalue weighted by Gasteiger charge is 2.38. The largest absolute Gasteiger partial charge is 0.478 e. The molecule has 0 spiro atoms. The summed E-state index contributed by atoms with van der Waals surface area (Å²) in [5, 5.41) is 22.2. The van der Waals surface area contributed by atoms with Gasteiger partial charge in [0.15, 0.2) is 5.60 Å². The van der Waals surface area contributed by atoms with Gasteiger partial charge in [0.2, 0.25) is 10.0 Å². The van der Waals surface area contributed by atoms with E-state index >= 15 is 0 Å². The number of nitrogens with zero attached hydrogens (tertiary/aromatic N) is 1. The summed E-state index contributed by atoms with van der Waals surface area (Å²) >= 11 is 0. The smallest absolute Gasteiger partial charge is 0.347 e. The Bertz CT molecular complexity index is 1280. The van der Waals surface area contributed by atoms with Crippen LogP contribution in [-0.4, -0.2) is 47.6 Å². The molecular weight excluding hydrogens is 442 g/mol. The number of fused-ring (bicyclic) bond motifs is 1. The summed E-state index contributed by atoms with van der Waals surface area (Å²) in [6.07, 6.45) is 0.501. The molecule has 0 aromatic heterocycles. The zero-order chi connectivity index (χ0) is 23.9. The summed E-state index contributed by atoms with van der Waals surface area (Å²) in [5.41, 5.74) is -1.90. The molecule has 1 fully saturated rings. The molecule has 1 aliphatic rings. The first kappa shape index (κ1) is 23.2. The van der Waals surface area contributed by atoms with Crippen molar-refractivity contribution in [3.05, 3.63) is 72.3 Å². The molecule has 1 heterocycles. The average Bonchev–Trinajstić information content (AvgIpc) is 2.79. The fourth-order valence-corrected chi connectivity index (χ4v) is 5.51. The van der Waals surface area contributed by atoms with E-state index < -0.39 is 27.2 Å². The maximum Gasteiger partial charge on any atom is 0.347 e. The van der Waals surface area contributed by atoms with Gasteiger partial charge in [-0.25, -0.2) is 13.2 Å². The summed E-state index contributed by atoms with van der Waals surface area (Å²) in [4.78, 5) is 11.5. The van der Waals surface area contributed by atoms with Crippen LogP contribution in [0.25, 0.3) is 10.8 Å². The van der Waals surface area contributed by atoms with Crippen molar-refractivity contribution in [2.75, 3.05) is 13.1 Å². The highest BCUT2D eigenvalue weighted by atomic mass is 32.2. The molecule has 0 atom stereocenters. The van der Waals surface area contributed by atoms with E-state index in [-0.39, 0.29) is 30.8 Å². The van der Waals surface area contributed by atoms with Crippen LogP contribution >= 0.6 is 0 Å². The van der Waals surface area contributed by atoms with E-state index in [1.807, 2.05) is 24.3 Å². The summed E-state index contributed by atoms with van der Waals surface area (Å²) in [6, 6.07) is 19.3. The lowest BCUT2D eigenvalue weighted by Gasteiger charge is -2.38. The first-order valence-corrected chi connectivity index (χ1v) is 12.2. The Balaban J connectivity index is 1.47. The second-order valence-electron chi connectivity index (χ2n) is 8.89. The predicted molar refractivity (Wildman–Crippen MR) is 125 cm³/mol. The molecule has 7 nitrogen and oxygen atoms in total.